The third-order valence-electron chi connectivity index (χ3n) is 2.80. The summed E-state index contributed by atoms with van der Waals surface area (Å²) in [4.78, 5) is 4.21. The molecule has 0 unspecified atom stereocenters. The Hall–Kier alpha value is -0.600. The molecule has 0 saturated heterocycles. The number of rotatable bonds is 3. The van der Waals surface area contributed by atoms with Crippen LogP contribution >= 0.6 is 11.6 Å². The molecule has 0 bridgehead atoms. The van der Waals surface area contributed by atoms with Crippen LogP contribution in [0.1, 0.15) is 37.8 Å². The van der Waals surface area contributed by atoms with Crippen molar-refractivity contribution in [1.82, 2.24) is 4.98 Å². The van der Waals surface area contributed by atoms with E-state index in [9.17, 15) is 0 Å². The summed E-state index contributed by atoms with van der Waals surface area (Å²) in [6, 6.07) is 3.65. The topological polar surface area (TPSA) is 22.1 Å². The van der Waals surface area contributed by atoms with Crippen LogP contribution in [0.15, 0.2) is 18.3 Å². The van der Waals surface area contributed by atoms with Crippen molar-refractivity contribution in [3.8, 4) is 0 Å². The van der Waals surface area contributed by atoms with Crippen LogP contribution in [-0.2, 0) is 11.3 Å². The second kappa shape index (κ2) is 5.47. The lowest BCUT2D eigenvalue weighted by Crippen LogP contribution is -2.16. The Morgan fingerprint density at radius 3 is 2.87 bits per heavy atom. The molecule has 1 saturated carbocycles. The van der Waals surface area contributed by atoms with Crippen molar-refractivity contribution in [3.63, 3.8) is 0 Å². The van der Waals surface area contributed by atoms with E-state index in [1.807, 2.05) is 6.07 Å². The van der Waals surface area contributed by atoms with Crippen molar-refractivity contribution in [2.75, 3.05) is 0 Å². The van der Waals surface area contributed by atoms with E-state index in [0.29, 0.717) is 12.7 Å². The molecular formula is C12H16ClNO. The summed E-state index contributed by atoms with van der Waals surface area (Å²) < 4.78 is 5.80. The second-order valence-corrected chi connectivity index (χ2v) is 4.47. The van der Waals surface area contributed by atoms with Gasteiger partial charge in [0.2, 0.25) is 0 Å². The standard InChI is InChI=1S/C12H16ClNO/c13-10-6-7-14-11(8-10)9-15-12-4-2-1-3-5-12/h6-8,12H,1-5,9H2. The molecule has 0 atom stereocenters. The van der Waals surface area contributed by atoms with Crippen molar-refractivity contribution in [1.29, 1.82) is 0 Å². The summed E-state index contributed by atoms with van der Waals surface area (Å²) in [5.74, 6) is 0. The molecule has 1 fully saturated rings. The molecule has 0 spiro atoms. The van der Waals surface area contributed by atoms with Gasteiger partial charge in [-0.25, -0.2) is 0 Å². The van der Waals surface area contributed by atoms with Crippen LogP contribution in [0.5, 0.6) is 0 Å². The molecule has 1 aliphatic rings. The number of halogens is 1. The Morgan fingerprint density at radius 1 is 1.33 bits per heavy atom. The zero-order chi connectivity index (χ0) is 10.5. The summed E-state index contributed by atoms with van der Waals surface area (Å²) in [6.07, 6.45) is 8.50. The van der Waals surface area contributed by atoms with Gasteiger partial charge in [0.25, 0.3) is 0 Å². The number of hydrogen-bond donors (Lipinski definition) is 0. The Balaban J connectivity index is 1.81. The van der Waals surface area contributed by atoms with Gasteiger partial charge in [-0.1, -0.05) is 30.9 Å². The third kappa shape index (κ3) is 3.47. The van der Waals surface area contributed by atoms with E-state index in [0.717, 1.165) is 10.7 Å². The van der Waals surface area contributed by atoms with Gasteiger partial charge >= 0.3 is 0 Å². The smallest absolute Gasteiger partial charge is 0.0892 e. The SMILES string of the molecule is Clc1ccnc(COC2CCCCC2)c1. The van der Waals surface area contributed by atoms with Crippen LogP contribution < -0.4 is 0 Å². The number of pyridine rings is 1. The van der Waals surface area contributed by atoms with E-state index in [4.69, 9.17) is 16.3 Å². The monoisotopic (exact) mass is 225 g/mol. The van der Waals surface area contributed by atoms with Crippen LogP contribution in [0.2, 0.25) is 5.02 Å². The molecule has 1 heterocycles. The average molecular weight is 226 g/mol. The van der Waals surface area contributed by atoms with Gasteiger partial charge in [0.1, 0.15) is 0 Å². The van der Waals surface area contributed by atoms with Gasteiger partial charge in [-0.2, -0.15) is 0 Å². The molecule has 2 nitrogen and oxygen atoms in total. The van der Waals surface area contributed by atoms with Crippen LogP contribution in [0, 0.1) is 0 Å². The molecule has 1 aromatic rings. The summed E-state index contributed by atoms with van der Waals surface area (Å²) >= 11 is 5.87. The highest BCUT2D eigenvalue weighted by atomic mass is 35.5. The first-order valence-electron chi connectivity index (χ1n) is 5.56. The van der Waals surface area contributed by atoms with Gasteiger partial charge in [0.15, 0.2) is 0 Å². The highest BCUT2D eigenvalue weighted by molar-refractivity contribution is 6.30. The lowest BCUT2D eigenvalue weighted by atomic mass is 9.98. The molecule has 82 valence electrons. The minimum atomic E-state index is 0.430. The molecule has 0 radical (unpaired) electrons. The maximum absolute atomic E-state index is 5.87. The minimum Gasteiger partial charge on any atom is -0.372 e. The average Bonchev–Trinajstić information content (AvgIpc) is 2.28. The van der Waals surface area contributed by atoms with Gasteiger partial charge in [-0.3, -0.25) is 4.98 Å². The van der Waals surface area contributed by atoms with E-state index in [1.165, 1.54) is 32.1 Å². The molecule has 0 aromatic carbocycles. The molecule has 0 amide bonds. The van der Waals surface area contributed by atoms with E-state index >= 15 is 0 Å². The highest BCUT2D eigenvalue weighted by Crippen LogP contribution is 2.21. The van der Waals surface area contributed by atoms with Crippen molar-refractivity contribution in [2.24, 2.45) is 0 Å². The molecule has 0 N–H and O–H groups in total. The van der Waals surface area contributed by atoms with Crippen LogP contribution in [0.3, 0.4) is 0 Å². The number of ether oxygens (including phenoxy) is 1. The summed E-state index contributed by atoms with van der Waals surface area (Å²) in [5.41, 5.74) is 0.924. The maximum Gasteiger partial charge on any atom is 0.0892 e. The van der Waals surface area contributed by atoms with Crippen LogP contribution in [-0.4, -0.2) is 11.1 Å². The molecule has 1 aromatic heterocycles. The van der Waals surface area contributed by atoms with Crippen molar-refractivity contribution >= 4 is 11.6 Å². The largest absolute Gasteiger partial charge is 0.372 e. The molecule has 15 heavy (non-hydrogen) atoms. The Kier molecular flexibility index (Phi) is 3.98. The third-order valence-corrected chi connectivity index (χ3v) is 3.03. The second-order valence-electron chi connectivity index (χ2n) is 4.04. The fourth-order valence-electron chi connectivity index (χ4n) is 1.96. The Morgan fingerprint density at radius 2 is 2.13 bits per heavy atom. The fraction of sp³-hybridized carbons (Fsp3) is 0.583. The Labute approximate surface area is 95.6 Å². The quantitative estimate of drug-likeness (QED) is 0.785. The first-order chi connectivity index (χ1) is 7.34. The summed E-state index contributed by atoms with van der Waals surface area (Å²) in [6.45, 7) is 0.589. The predicted octanol–water partition coefficient (Wildman–Crippen LogP) is 3.58. The van der Waals surface area contributed by atoms with Gasteiger partial charge in [0, 0.05) is 11.2 Å². The van der Waals surface area contributed by atoms with Crippen molar-refractivity contribution < 1.29 is 4.74 Å². The van der Waals surface area contributed by atoms with Gasteiger partial charge in [-0.15, -0.1) is 0 Å². The Bertz CT molecular complexity index is 310. The lowest BCUT2D eigenvalue weighted by molar-refractivity contribution is 0.0153. The molecular weight excluding hydrogens is 210 g/mol. The van der Waals surface area contributed by atoms with Crippen LogP contribution in [0.4, 0.5) is 0 Å². The van der Waals surface area contributed by atoms with E-state index in [1.54, 1.807) is 12.3 Å². The zero-order valence-corrected chi connectivity index (χ0v) is 9.54. The summed E-state index contributed by atoms with van der Waals surface area (Å²) in [7, 11) is 0. The molecule has 1 aliphatic carbocycles. The summed E-state index contributed by atoms with van der Waals surface area (Å²) in [5, 5.41) is 0.729. The van der Waals surface area contributed by atoms with E-state index < -0.39 is 0 Å². The molecule has 3 heteroatoms. The van der Waals surface area contributed by atoms with Gasteiger partial charge in [-0.05, 0) is 25.0 Å². The zero-order valence-electron chi connectivity index (χ0n) is 8.79. The van der Waals surface area contributed by atoms with Crippen molar-refractivity contribution in [3.05, 3.63) is 29.0 Å². The number of aromatic nitrogens is 1. The normalized spacial score (nSPS) is 17.9. The van der Waals surface area contributed by atoms with E-state index in [2.05, 4.69) is 4.98 Å². The molecule has 2 rings (SSSR count). The van der Waals surface area contributed by atoms with Gasteiger partial charge < -0.3 is 4.74 Å². The number of hydrogen-bond acceptors (Lipinski definition) is 2. The first kappa shape index (κ1) is 10.9. The maximum atomic E-state index is 5.87. The van der Waals surface area contributed by atoms with Crippen molar-refractivity contribution in [2.45, 2.75) is 44.8 Å². The predicted molar refractivity (Wildman–Crippen MR) is 60.9 cm³/mol. The number of nitrogens with zero attached hydrogens (tertiary/aromatic N) is 1. The first-order valence-corrected chi connectivity index (χ1v) is 5.94. The van der Waals surface area contributed by atoms with Gasteiger partial charge in [0.05, 0.1) is 18.4 Å². The fourth-order valence-corrected chi connectivity index (χ4v) is 2.15. The highest BCUT2D eigenvalue weighted by Gasteiger charge is 2.13. The van der Waals surface area contributed by atoms with E-state index in [-0.39, 0.29) is 0 Å². The molecule has 0 aliphatic heterocycles. The minimum absolute atomic E-state index is 0.430. The lowest BCUT2D eigenvalue weighted by Gasteiger charge is -2.21. The van der Waals surface area contributed by atoms with Crippen LogP contribution in [0.25, 0.3) is 0 Å².